The monoisotopic (exact) mass is 467 g/mol. The van der Waals surface area contributed by atoms with Crippen molar-refractivity contribution in [2.45, 2.75) is 45.3 Å². The second-order valence-electron chi connectivity index (χ2n) is 8.69. The van der Waals surface area contributed by atoms with E-state index in [0.29, 0.717) is 29.2 Å². The third kappa shape index (κ3) is 4.83. The van der Waals surface area contributed by atoms with Gasteiger partial charge in [0.05, 0.1) is 17.7 Å². The first-order valence-corrected chi connectivity index (χ1v) is 11.4. The molecule has 4 rings (SSSR count). The maximum atomic E-state index is 13.0. The zero-order valence-electron chi connectivity index (χ0n) is 18.9. The number of anilines is 1. The number of rotatable bonds is 5. The number of thiazole rings is 1. The first kappa shape index (κ1) is 22.7. The molecular weight excluding hydrogens is 442 g/mol. The number of esters is 1. The summed E-state index contributed by atoms with van der Waals surface area (Å²) in [6, 6.07) is 10.3. The highest BCUT2D eigenvalue weighted by molar-refractivity contribution is 7.19. The molecule has 1 aromatic carbocycles. The number of ketones is 1. The van der Waals surface area contributed by atoms with Crippen LogP contribution < -0.4 is 10.1 Å². The minimum atomic E-state index is -0.590. The van der Waals surface area contributed by atoms with Crippen LogP contribution >= 0.6 is 11.3 Å². The number of aromatic nitrogens is 2. The molecule has 0 bridgehead atoms. The Kier molecular flexibility index (Phi) is 6.07. The lowest BCUT2D eigenvalue weighted by atomic mass is 10.0. The number of nitrogens with zero attached hydrogens (tertiary/aromatic N) is 2. The summed E-state index contributed by atoms with van der Waals surface area (Å²) in [7, 11) is 1.29. The van der Waals surface area contributed by atoms with Crippen molar-refractivity contribution in [3.8, 4) is 16.2 Å². The molecule has 0 saturated heterocycles. The van der Waals surface area contributed by atoms with Gasteiger partial charge in [-0.3, -0.25) is 9.59 Å². The van der Waals surface area contributed by atoms with Gasteiger partial charge in [0.15, 0.2) is 16.6 Å². The lowest BCUT2D eigenvalue weighted by Gasteiger charge is -2.24. The molecule has 1 N–H and O–H groups in total. The number of methoxy groups -OCH3 is 1. The predicted molar refractivity (Wildman–Crippen MR) is 125 cm³/mol. The normalized spacial score (nSPS) is 15.6. The van der Waals surface area contributed by atoms with E-state index in [2.05, 4.69) is 10.3 Å². The van der Waals surface area contributed by atoms with Gasteiger partial charge in [0, 0.05) is 12.6 Å². The Morgan fingerprint density at radius 3 is 2.58 bits per heavy atom. The van der Waals surface area contributed by atoms with Crippen molar-refractivity contribution in [1.82, 2.24) is 9.55 Å². The van der Waals surface area contributed by atoms with Crippen LogP contribution in [0.25, 0.3) is 10.4 Å². The number of fused-ring (bicyclic) bond motifs is 1. The van der Waals surface area contributed by atoms with E-state index in [9.17, 15) is 14.4 Å². The number of carbonyl (C=O) groups is 3. The number of ether oxygens (including phenoxy) is 2. The van der Waals surface area contributed by atoms with E-state index >= 15 is 0 Å². The highest BCUT2D eigenvalue weighted by atomic mass is 32.1. The summed E-state index contributed by atoms with van der Waals surface area (Å²) in [4.78, 5) is 42.4. The Bertz CT molecular complexity index is 1200. The van der Waals surface area contributed by atoms with Gasteiger partial charge in [0.2, 0.25) is 5.91 Å². The average Bonchev–Trinajstić information content (AvgIpc) is 3.41. The van der Waals surface area contributed by atoms with Gasteiger partial charge in [-0.15, -0.1) is 0 Å². The molecule has 3 aromatic rings. The minimum Gasteiger partial charge on any atom is -0.488 e. The Morgan fingerprint density at radius 2 is 1.91 bits per heavy atom. The van der Waals surface area contributed by atoms with Crippen molar-refractivity contribution >= 4 is 34.1 Å². The summed E-state index contributed by atoms with van der Waals surface area (Å²) in [5, 5.41) is 3.10. The number of amides is 1. The van der Waals surface area contributed by atoms with Crippen LogP contribution in [0.1, 0.15) is 60.6 Å². The second kappa shape index (κ2) is 8.82. The van der Waals surface area contributed by atoms with Gasteiger partial charge < -0.3 is 19.4 Å². The molecule has 0 spiro atoms. The van der Waals surface area contributed by atoms with E-state index < -0.39 is 12.0 Å². The third-order valence-corrected chi connectivity index (χ3v) is 6.14. The Balaban J connectivity index is 1.60. The van der Waals surface area contributed by atoms with Crippen LogP contribution in [0.5, 0.6) is 5.75 Å². The van der Waals surface area contributed by atoms with Crippen molar-refractivity contribution in [2.24, 2.45) is 0 Å². The molecule has 0 aliphatic carbocycles. The van der Waals surface area contributed by atoms with Crippen LogP contribution in [0, 0.1) is 0 Å². The lowest BCUT2D eigenvalue weighted by Crippen LogP contribution is -2.31. The van der Waals surface area contributed by atoms with Gasteiger partial charge in [-0.25, -0.2) is 9.78 Å². The summed E-state index contributed by atoms with van der Waals surface area (Å²) >= 11 is 1.19. The molecule has 3 heterocycles. The zero-order valence-corrected chi connectivity index (χ0v) is 19.7. The van der Waals surface area contributed by atoms with E-state index in [1.54, 1.807) is 22.9 Å². The summed E-state index contributed by atoms with van der Waals surface area (Å²) in [5.74, 6) is -0.149. The smallest absolute Gasteiger partial charge is 0.358 e. The van der Waals surface area contributed by atoms with E-state index in [1.165, 1.54) is 18.4 Å². The molecule has 0 saturated carbocycles. The first-order valence-electron chi connectivity index (χ1n) is 10.6. The first-order chi connectivity index (χ1) is 15.7. The molecule has 2 aromatic heterocycles. The van der Waals surface area contributed by atoms with Crippen LogP contribution in [0.2, 0.25) is 0 Å². The number of hydrogen-bond acceptors (Lipinski definition) is 7. The second-order valence-corrected chi connectivity index (χ2v) is 9.69. The van der Waals surface area contributed by atoms with E-state index in [0.717, 1.165) is 5.56 Å². The van der Waals surface area contributed by atoms with Gasteiger partial charge in [0.25, 0.3) is 0 Å². The Morgan fingerprint density at radius 1 is 1.18 bits per heavy atom. The summed E-state index contributed by atoms with van der Waals surface area (Å²) in [6.07, 6.45) is 2.44. The number of Topliss-reactive ketones (excluding diaryl/α,β-unsaturated/α-hetero) is 1. The minimum absolute atomic E-state index is 0.0208. The molecule has 33 heavy (non-hydrogen) atoms. The van der Waals surface area contributed by atoms with Gasteiger partial charge in [-0.1, -0.05) is 11.3 Å². The van der Waals surface area contributed by atoms with E-state index in [1.807, 2.05) is 45.0 Å². The van der Waals surface area contributed by atoms with Crippen molar-refractivity contribution in [3.63, 3.8) is 0 Å². The largest absolute Gasteiger partial charge is 0.488 e. The fraction of sp³-hybridized carbons (Fsp3) is 0.333. The van der Waals surface area contributed by atoms with Gasteiger partial charge in [-0.05, 0) is 69.2 Å². The Hall–Kier alpha value is -3.46. The quantitative estimate of drug-likeness (QED) is 0.545. The maximum Gasteiger partial charge on any atom is 0.358 e. The molecule has 8 nitrogen and oxygen atoms in total. The van der Waals surface area contributed by atoms with Crippen LogP contribution in [-0.4, -0.2) is 39.9 Å². The Labute approximate surface area is 195 Å². The molecule has 1 aliphatic rings. The molecular formula is C24H25N3O5S. The fourth-order valence-corrected chi connectivity index (χ4v) is 4.68. The van der Waals surface area contributed by atoms with Crippen molar-refractivity contribution in [2.75, 3.05) is 12.4 Å². The molecule has 172 valence electrons. The SMILES string of the molecule is COC(=O)c1nc(NC(=O)C2CCC(=O)c3cccn32)sc1-c1ccc(OC(C)(C)C)cc1. The maximum absolute atomic E-state index is 13.0. The summed E-state index contributed by atoms with van der Waals surface area (Å²) in [6.45, 7) is 5.90. The van der Waals surface area contributed by atoms with Crippen molar-refractivity contribution < 1.29 is 23.9 Å². The van der Waals surface area contributed by atoms with E-state index in [-0.39, 0.29) is 28.1 Å². The summed E-state index contributed by atoms with van der Waals surface area (Å²) in [5.41, 5.74) is 1.08. The predicted octanol–water partition coefficient (Wildman–Crippen LogP) is 4.73. The topological polar surface area (TPSA) is 99.5 Å². The number of benzene rings is 1. The molecule has 1 atom stereocenters. The molecule has 1 amide bonds. The average molecular weight is 468 g/mol. The molecule has 1 unspecified atom stereocenters. The van der Waals surface area contributed by atoms with E-state index in [4.69, 9.17) is 9.47 Å². The molecule has 0 fully saturated rings. The van der Waals surface area contributed by atoms with Gasteiger partial charge in [-0.2, -0.15) is 0 Å². The highest BCUT2D eigenvalue weighted by Gasteiger charge is 2.30. The highest BCUT2D eigenvalue weighted by Crippen LogP contribution is 2.36. The van der Waals surface area contributed by atoms with Gasteiger partial charge in [0.1, 0.15) is 17.4 Å². The van der Waals surface area contributed by atoms with Gasteiger partial charge >= 0.3 is 5.97 Å². The molecule has 1 aliphatic heterocycles. The standard InChI is InChI=1S/C24H25N3O5S/c1-24(2,3)32-15-9-7-14(8-10-15)20-19(22(30)31-4)25-23(33-20)26-21(29)17-11-12-18(28)16-6-5-13-27(16)17/h5-10,13,17H,11-12H2,1-4H3,(H,25,26,29). The molecule has 0 radical (unpaired) electrons. The van der Waals surface area contributed by atoms with Crippen molar-refractivity contribution in [1.29, 1.82) is 0 Å². The van der Waals surface area contributed by atoms with Crippen LogP contribution in [0.4, 0.5) is 5.13 Å². The van der Waals surface area contributed by atoms with Crippen LogP contribution in [0.15, 0.2) is 42.6 Å². The summed E-state index contributed by atoms with van der Waals surface area (Å²) < 4.78 is 12.4. The molecule has 9 heteroatoms. The number of carbonyl (C=O) groups excluding carboxylic acids is 3. The van der Waals surface area contributed by atoms with Crippen LogP contribution in [-0.2, 0) is 9.53 Å². The van der Waals surface area contributed by atoms with Crippen LogP contribution in [0.3, 0.4) is 0 Å². The zero-order chi connectivity index (χ0) is 23.8. The third-order valence-electron chi connectivity index (χ3n) is 5.12. The van der Waals surface area contributed by atoms with Crippen molar-refractivity contribution in [3.05, 3.63) is 54.0 Å². The number of hydrogen-bond donors (Lipinski definition) is 1. The fourth-order valence-electron chi connectivity index (χ4n) is 3.72. The lowest BCUT2D eigenvalue weighted by molar-refractivity contribution is -0.119. The number of nitrogens with one attached hydrogen (secondary N) is 1.